The molecule has 0 atom stereocenters. The van der Waals surface area contributed by atoms with Crippen molar-refractivity contribution in [3.63, 3.8) is 0 Å². The highest BCUT2D eigenvalue weighted by Gasteiger charge is 2.30. The molecule has 0 aliphatic carbocycles. The van der Waals surface area contributed by atoms with Crippen LogP contribution in [0.15, 0.2) is 0 Å². The minimum Gasteiger partial charge on any atom is -0.313 e. The average molecular weight is 142 g/mol. The van der Waals surface area contributed by atoms with Crippen molar-refractivity contribution in [2.45, 2.75) is 26.3 Å². The lowest BCUT2D eigenvalue weighted by molar-refractivity contribution is 0.230. The second-order valence-corrected chi connectivity index (χ2v) is 3.94. The first-order valence-electron chi connectivity index (χ1n) is 4.08. The van der Waals surface area contributed by atoms with Gasteiger partial charge in [0.15, 0.2) is 0 Å². The molecule has 0 bridgehead atoms. The zero-order chi connectivity index (χ0) is 7.61. The monoisotopic (exact) mass is 142 g/mol. The Bertz CT molecular complexity index is 106. The lowest BCUT2D eigenvalue weighted by Gasteiger charge is -2.40. The van der Waals surface area contributed by atoms with Crippen LogP contribution in [0.1, 0.15) is 20.8 Å². The van der Waals surface area contributed by atoms with Crippen molar-refractivity contribution < 1.29 is 0 Å². The Morgan fingerprint density at radius 1 is 1.50 bits per heavy atom. The molecule has 0 aromatic carbocycles. The first-order valence-corrected chi connectivity index (χ1v) is 4.08. The van der Waals surface area contributed by atoms with E-state index in [-0.39, 0.29) is 0 Å². The van der Waals surface area contributed by atoms with Crippen LogP contribution < -0.4 is 10.6 Å². The maximum Gasteiger partial charge on any atom is 0.0403 e. The fraction of sp³-hybridized carbons (Fsp3) is 1.00. The van der Waals surface area contributed by atoms with Gasteiger partial charge >= 0.3 is 0 Å². The Balaban J connectivity index is 2.12. The molecule has 0 amide bonds. The maximum atomic E-state index is 3.53. The average Bonchev–Trinajstić information content (AvgIpc) is 1.79. The van der Waals surface area contributed by atoms with Crippen molar-refractivity contribution in [2.24, 2.45) is 5.92 Å². The van der Waals surface area contributed by atoms with E-state index in [1.165, 1.54) is 0 Å². The van der Waals surface area contributed by atoms with Crippen LogP contribution in [0.2, 0.25) is 0 Å². The summed E-state index contributed by atoms with van der Waals surface area (Å²) in [5.41, 5.74) is 0.393. The van der Waals surface area contributed by atoms with E-state index in [2.05, 4.69) is 31.4 Å². The Hall–Kier alpha value is -0.0800. The smallest absolute Gasteiger partial charge is 0.0403 e. The third-order valence-electron chi connectivity index (χ3n) is 1.97. The van der Waals surface area contributed by atoms with Gasteiger partial charge in [0.2, 0.25) is 0 Å². The molecule has 0 spiro atoms. The topological polar surface area (TPSA) is 24.1 Å². The van der Waals surface area contributed by atoms with Crippen LogP contribution >= 0.6 is 0 Å². The van der Waals surface area contributed by atoms with Crippen LogP contribution in [-0.2, 0) is 0 Å². The second kappa shape index (κ2) is 2.89. The van der Waals surface area contributed by atoms with E-state index >= 15 is 0 Å². The van der Waals surface area contributed by atoms with Crippen molar-refractivity contribution in [2.75, 3.05) is 19.6 Å². The summed E-state index contributed by atoms with van der Waals surface area (Å²) in [5.74, 6) is 0.762. The normalized spacial score (nSPS) is 22.8. The molecule has 1 heterocycles. The summed E-state index contributed by atoms with van der Waals surface area (Å²) >= 11 is 0. The number of hydrogen-bond donors (Lipinski definition) is 2. The van der Waals surface area contributed by atoms with Crippen LogP contribution in [0.3, 0.4) is 0 Å². The van der Waals surface area contributed by atoms with Gasteiger partial charge in [-0.3, -0.25) is 0 Å². The molecular formula is C8H18N2. The molecule has 0 aromatic rings. The summed E-state index contributed by atoms with van der Waals surface area (Å²) in [4.78, 5) is 0. The molecule has 1 fully saturated rings. The Morgan fingerprint density at radius 2 is 2.10 bits per heavy atom. The summed E-state index contributed by atoms with van der Waals surface area (Å²) < 4.78 is 0. The first kappa shape index (κ1) is 8.02. The van der Waals surface area contributed by atoms with Gasteiger partial charge in [0.1, 0.15) is 0 Å². The molecule has 0 unspecified atom stereocenters. The van der Waals surface area contributed by atoms with Crippen LogP contribution in [0, 0.1) is 5.92 Å². The number of hydrogen-bond acceptors (Lipinski definition) is 2. The van der Waals surface area contributed by atoms with Crippen LogP contribution in [0.25, 0.3) is 0 Å². The van der Waals surface area contributed by atoms with Crippen molar-refractivity contribution in [1.82, 2.24) is 10.6 Å². The minimum absolute atomic E-state index is 0.393. The molecule has 0 saturated carbocycles. The number of rotatable bonds is 3. The SMILES string of the molecule is CC(C)CNC1(C)CNC1. The van der Waals surface area contributed by atoms with Gasteiger partial charge in [0.25, 0.3) is 0 Å². The first-order chi connectivity index (χ1) is 4.62. The summed E-state index contributed by atoms with van der Waals surface area (Å²) in [7, 11) is 0. The van der Waals surface area contributed by atoms with Gasteiger partial charge in [-0.15, -0.1) is 0 Å². The van der Waals surface area contributed by atoms with E-state index in [4.69, 9.17) is 0 Å². The molecule has 1 aliphatic heterocycles. The standard InChI is InChI=1S/C8H18N2/c1-7(2)4-10-8(3)5-9-6-8/h7,9-10H,4-6H2,1-3H3. The molecule has 0 aromatic heterocycles. The summed E-state index contributed by atoms with van der Waals surface area (Å²) in [6.07, 6.45) is 0. The summed E-state index contributed by atoms with van der Waals surface area (Å²) in [5, 5.41) is 6.80. The van der Waals surface area contributed by atoms with Gasteiger partial charge in [-0.1, -0.05) is 13.8 Å². The van der Waals surface area contributed by atoms with Crippen molar-refractivity contribution >= 4 is 0 Å². The molecule has 60 valence electrons. The second-order valence-electron chi connectivity index (χ2n) is 3.94. The van der Waals surface area contributed by atoms with E-state index in [1.807, 2.05) is 0 Å². The molecule has 10 heavy (non-hydrogen) atoms. The predicted molar refractivity (Wildman–Crippen MR) is 44.1 cm³/mol. The Labute approximate surface area is 63.4 Å². The Morgan fingerprint density at radius 3 is 2.40 bits per heavy atom. The van der Waals surface area contributed by atoms with Gasteiger partial charge in [0, 0.05) is 18.6 Å². The van der Waals surface area contributed by atoms with Crippen molar-refractivity contribution in [3.8, 4) is 0 Å². The minimum atomic E-state index is 0.393. The van der Waals surface area contributed by atoms with Crippen molar-refractivity contribution in [1.29, 1.82) is 0 Å². The third kappa shape index (κ3) is 1.96. The summed E-state index contributed by atoms with van der Waals surface area (Å²) in [6, 6.07) is 0. The molecular weight excluding hydrogens is 124 g/mol. The molecule has 1 rings (SSSR count). The third-order valence-corrected chi connectivity index (χ3v) is 1.97. The van der Waals surface area contributed by atoms with E-state index < -0.39 is 0 Å². The van der Waals surface area contributed by atoms with Gasteiger partial charge in [0.05, 0.1) is 0 Å². The highest BCUT2D eigenvalue weighted by Crippen LogP contribution is 2.08. The maximum absolute atomic E-state index is 3.53. The molecule has 1 saturated heterocycles. The molecule has 1 aliphatic rings. The van der Waals surface area contributed by atoms with E-state index in [1.54, 1.807) is 0 Å². The number of nitrogens with one attached hydrogen (secondary N) is 2. The molecule has 2 nitrogen and oxygen atoms in total. The lowest BCUT2D eigenvalue weighted by Crippen LogP contribution is -2.66. The van der Waals surface area contributed by atoms with Crippen LogP contribution in [-0.4, -0.2) is 25.2 Å². The van der Waals surface area contributed by atoms with E-state index in [9.17, 15) is 0 Å². The predicted octanol–water partition coefficient (Wildman–Crippen LogP) is 0.594. The summed E-state index contributed by atoms with van der Waals surface area (Å²) in [6.45, 7) is 10.1. The van der Waals surface area contributed by atoms with Gasteiger partial charge in [-0.05, 0) is 19.4 Å². The van der Waals surface area contributed by atoms with Gasteiger partial charge in [-0.2, -0.15) is 0 Å². The Kier molecular flexibility index (Phi) is 2.32. The van der Waals surface area contributed by atoms with Crippen LogP contribution in [0.5, 0.6) is 0 Å². The molecule has 0 radical (unpaired) electrons. The molecule has 2 N–H and O–H groups in total. The van der Waals surface area contributed by atoms with Crippen molar-refractivity contribution in [3.05, 3.63) is 0 Å². The highest BCUT2D eigenvalue weighted by molar-refractivity contribution is 4.96. The highest BCUT2D eigenvalue weighted by atomic mass is 15.1. The van der Waals surface area contributed by atoms with Crippen LogP contribution in [0.4, 0.5) is 0 Å². The molecule has 2 heteroatoms. The lowest BCUT2D eigenvalue weighted by atomic mass is 9.95. The zero-order valence-electron chi connectivity index (χ0n) is 7.20. The largest absolute Gasteiger partial charge is 0.313 e. The van der Waals surface area contributed by atoms with Gasteiger partial charge < -0.3 is 10.6 Å². The van der Waals surface area contributed by atoms with E-state index in [0.29, 0.717) is 5.54 Å². The quantitative estimate of drug-likeness (QED) is 0.603. The fourth-order valence-corrected chi connectivity index (χ4v) is 1.08. The van der Waals surface area contributed by atoms with Gasteiger partial charge in [-0.25, -0.2) is 0 Å². The van der Waals surface area contributed by atoms with E-state index in [0.717, 1.165) is 25.6 Å². The fourth-order valence-electron chi connectivity index (χ4n) is 1.08. The zero-order valence-corrected chi connectivity index (χ0v) is 7.20.